The van der Waals surface area contributed by atoms with Gasteiger partial charge < -0.3 is 16.0 Å². The van der Waals surface area contributed by atoms with Gasteiger partial charge in [0.2, 0.25) is 5.95 Å². The van der Waals surface area contributed by atoms with Crippen LogP contribution in [-0.4, -0.2) is 22.1 Å². The third kappa shape index (κ3) is 3.72. The summed E-state index contributed by atoms with van der Waals surface area (Å²) in [5.74, 6) is 1.55. The Morgan fingerprint density at radius 1 is 1.19 bits per heavy atom. The summed E-state index contributed by atoms with van der Waals surface area (Å²) in [7, 11) is 0. The van der Waals surface area contributed by atoms with E-state index in [-0.39, 0.29) is 0 Å². The number of hydrogen-bond donors (Lipinski definition) is 3. The average molecular weight is 348 g/mol. The molecule has 0 amide bonds. The number of rotatable bonds is 5. The highest BCUT2D eigenvalue weighted by molar-refractivity contribution is 5.81. The summed E-state index contributed by atoms with van der Waals surface area (Å²) in [6.07, 6.45) is 14.9. The van der Waals surface area contributed by atoms with Gasteiger partial charge in [0.1, 0.15) is 17.5 Å². The number of dihydropyridines is 1. The number of nitrogens with one attached hydrogen (secondary N) is 3. The molecule has 0 aromatic carbocycles. The normalized spacial score (nSPS) is 21.6. The Balaban J connectivity index is 1.60. The van der Waals surface area contributed by atoms with E-state index in [1.807, 2.05) is 25.2 Å². The molecule has 0 saturated heterocycles. The van der Waals surface area contributed by atoms with Crippen LogP contribution in [0.15, 0.2) is 35.9 Å². The Kier molecular flexibility index (Phi) is 4.61. The van der Waals surface area contributed by atoms with E-state index in [4.69, 9.17) is 0 Å². The summed E-state index contributed by atoms with van der Waals surface area (Å²) in [6.45, 7) is 1.94. The van der Waals surface area contributed by atoms with E-state index < -0.39 is 0 Å². The molecular formula is C20H24N6. The minimum Gasteiger partial charge on any atom is -0.369 e. The predicted octanol–water partition coefficient (Wildman–Crippen LogP) is 3.13. The fourth-order valence-electron chi connectivity index (χ4n) is 3.40. The molecule has 134 valence electrons. The van der Waals surface area contributed by atoms with Crippen molar-refractivity contribution >= 4 is 11.5 Å². The number of hydrogen-bond acceptors (Lipinski definition) is 6. The highest BCUT2D eigenvalue weighted by Crippen LogP contribution is 2.25. The lowest BCUT2D eigenvalue weighted by Gasteiger charge is -2.19. The molecule has 1 aliphatic heterocycles. The zero-order valence-corrected chi connectivity index (χ0v) is 15.0. The summed E-state index contributed by atoms with van der Waals surface area (Å²) in [6, 6.07) is 3.32. The lowest BCUT2D eigenvalue weighted by atomic mass is 10.1. The van der Waals surface area contributed by atoms with Gasteiger partial charge in [0.25, 0.3) is 0 Å². The topological polar surface area (TPSA) is 85.7 Å². The van der Waals surface area contributed by atoms with Crippen molar-refractivity contribution in [2.24, 2.45) is 0 Å². The fourth-order valence-corrected chi connectivity index (χ4v) is 3.40. The van der Waals surface area contributed by atoms with Crippen LogP contribution in [0.4, 0.5) is 5.95 Å². The molecule has 6 heteroatoms. The first-order valence-electron chi connectivity index (χ1n) is 9.40. The van der Waals surface area contributed by atoms with E-state index in [0.717, 1.165) is 29.9 Å². The first-order chi connectivity index (χ1) is 12.7. The van der Waals surface area contributed by atoms with Crippen LogP contribution in [0, 0.1) is 18.3 Å². The monoisotopic (exact) mass is 348 g/mol. The molecule has 2 saturated carbocycles. The van der Waals surface area contributed by atoms with E-state index in [1.165, 1.54) is 25.7 Å². The molecule has 3 aliphatic rings. The molecule has 3 N–H and O–H groups in total. The molecule has 2 aliphatic carbocycles. The molecule has 1 aromatic heterocycles. The fraction of sp³-hybridized carbons (Fsp3) is 0.450. The second kappa shape index (κ2) is 7.20. The van der Waals surface area contributed by atoms with Gasteiger partial charge in [0, 0.05) is 18.3 Å². The van der Waals surface area contributed by atoms with Crippen LogP contribution >= 0.6 is 0 Å². The summed E-state index contributed by atoms with van der Waals surface area (Å²) in [5.41, 5.74) is 2.89. The molecule has 4 rings (SSSR count). The Bertz CT molecular complexity index is 819. The lowest BCUT2D eigenvalue weighted by Crippen LogP contribution is -2.29. The van der Waals surface area contributed by atoms with Crippen LogP contribution in [0.2, 0.25) is 0 Å². The number of nitrogens with zero attached hydrogens (tertiary/aromatic N) is 3. The Hall–Kier alpha value is -2.81. The molecule has 2 fully saturated rings. The molecule has 26 heavy (non-hydrogen) atoms. The van der Waals surface area contributed by atoms with Crippen molar-refractivity contribution in [3.05, 3.63) is 47.2 Å². The van der Waals surface area contributed by atoms with Gasteiger partial charge in [0.15, 0.2) is 0 Å². The minimum atomic E-state index is 0.439. The van der Waals surface area contributed by atoms with Gasteiger partial charge in [-0.2, -0.15) is 5.26 Å². The highest BCUT2D eigenvalue weighted by atomic mass is 15.1. The molecule has 0 bridgehead atoms. The maximum absolute atomic E-state index is 9.81. The van der Waals surface area contributed by atoms with Gasteiger partial charge in [0.05, 0.1) is 11.4 Å². The summed E-state index contributed by atoms with van der Waals surface area (Å²) < 4.78 is 0. The van der Waals surface area contributed by atoms with Crippen LogP contribution in [0.1, 0.15) is 49.8 Å². The second-order valence-corrected chi connectivity index (χ2v) is 7.23. The second-order valence-electron chi connectivity index (χ2n) is 7.23. The predicted molar refractivity (Wildman–Crippen MR) is 102 cm³/mol. The van der Waals surface area contributed by atoms with Crippen molar-refractivity contribution in [3.8, 4) is 6.07 Å². The number of aryl methyl sites for hydroxylation is 1. The lowest BCUT2D eigenvalue weighted by molar-refractivity contribution is 0.735. The van der Waals surface area contributed by atoms with Crippen molar-refractivity contribution < 1.29 is 0 Å². The number of aromatic nitrogens is 2. The molecule has 0 unspecified atom stereocenters. The molecule has 6 nitrogen and oxygen atoms in total. The quantitative estimate of drug-likeness (QED) is 0.709. The van der Waals surface area contributed by atoms with Gasteiger partial charge in [-0.05, 0) is 50.3 Å². The number of nitriles is 1. The van der Waals surface area contributed by atoms with Gasteiger partial charge in [-0.15, -0.1) is 0 Å². The molecule has 0 atom stereocenters. The van der Waals surface area contributed by atoms with Crippen LogP contribution in [0.5, 0.6) is 0 Å². The van der Waals surface area contributed by atoms with Crippen molar-refractivity contribution in [2.45, 2.75) is 57.5 Å². The smallest absolute Gasteiger partial charge is 0.223 e. The van der Waals surface area contributed by atoms with Crippen molar-refractivity contribution in [1.29, 1.82) is 5.26 Å². The zero-order chi connectivity index (χ0) is 17.9. The number of allylic oxidation sites excluding steroid dienone is 4. The van der Waals surface area contributed by atoms with E-state index >= 15 is 0 Å². The standard InChI is InChI=1S/C20H24N6/c1-13-12-22-20(24-14-5-2-3-6-14)26-19(13)16(11-21)17-7-4-8-18(25-17)23-15-9-10-15/h4,7-8,12,14-15,23,25H,2-3,5-6,9-10H2,1H3,(H,22,24,26). The van der Waals surface area contributed by atoms with Crippen LogP contribution in [0.25, 0.3) is 5.57 Å². The van der Waals surface area contributed by atoms with Crippen molar-refractivity contribution in [1.82, 2.24) is 20.6 Å². The SMILES string of the molecule is Cc1cnc(NC2CCCC2)nc1C(C#N)=C1C=CC=C(NC2CC2)N1. The molecule has 2 heterocycles. The van der Waals surface area contributed by atoms with Crippen molar-refractivity contribution in [3.63, 3.8) is 0 Å². The Morgan fingerprint density at radius 3 is 2.69 bits per heavy atom. The van der Waals surface area contributed by atoms with Crippen molar-refractivity contribution in [2.75, 3.05) is 5.32 Å². The first kappa shape index (κ1) is 16.6. The maximum atomic E-state index is 9.81. The average Bonchev–Trinajstić information content (AvgIpc) is 3.31. The van der Waals surface area contributed by atoms with E-state index in [0.29, 0.717) is 29.3 Å². The minimum absolute atomic E-state index is 0.439. The van der Waals surface area contributed by atoms with Crippen LogP contribution in [0.3, 0.4) is 0 Å². The summed E-state index contributed by atoms with van der Waals surface area (Å²) in [4.78, 5) is 9.07. The largest absolute Gasteiger partial charge is 0.369 e. The first-order valence-corrected chi connectivity index (χ1v) is 9.40. The van der Waals surface area contributed by atoms with Crippen LogP contribution < -0.4 is 16.0 Å². The summed E-state index contributed by atoms with van der Waals surface area (Å²) in [5, 5.41) is 20.0. The number of anilines is 1. The highest BCUT2D eigenvalue weighted by Gasteiger charge is 2.23. The molecular weight excluding hydrogens is 324 g/mol. The molecule has 1 aromatic rings. The molecule has 0 radical (unpaired) electrons. The van der Waals surface area contributed by atoms with Gasteiger partial charge in [-0.3, -0.25) is 0 Å². The Labute approximate surface area is 154 Å². The van der Waals surface area contributed by atoms with E-state index in [2.05, 4.69) is 32.0 Å². The van der Waals surface area contributed by atoms with Gasteiger partial charge in [-0.25, -0.2) is 9.97 Å². The van der Waals surface area contributed by atoms with Gasteiger partial charge >= 0.3 is 0 Å². The third-order valence-corrected chi connectivity index (χ3v) is 5.01. The van der Waals surface area contributed by atoms with Gasteiger partial charge in [-0.1, -0.05) is 18.9 Å². The van der Waals surface area contributed by atoms with Crippen LogP contribution in [-0.2, 0) is 0 Å². The van der Waals surface area contributed by atoms with E-state index in [1.54, 1.807) is 6.20 Å². The summed E-state index contributed by atoms with van der Waals surface area (Å²) >= 11 is 0. The molecule has 0 spiro atoms. The van der Waals surface area contributed by atoms with E-state index in [9.17, 15) is 5.26 Å². The Morgan fingerprint density at radius 2 is 1.96 bits per heavy atom. The third-order valence-electron chi connectivity index (χ3n) is 5.01. The zero-order valence-electron chi connectivity index (χ0n) is 15.0. The maximum Gasteiger partial charge on any atom is 0.223 e.